The summed E-state index contributed by atoms with van der Waals surface area (Å²) < 4.78 is 0. The summed E-state index contributed by atoms with van der Waals surface area (Å²) >= 11 is 0. The lowest BCUT2D eigenvalue weighted by molar-refractivity contribution is 0.453. The summed E-state index contributed by atoms with van der Waals surface area (Å²) in [7, 11) is 0. The number of aromatic hydroxyl groups is 1. The smallest absolute Gasteiger partial charge is 0.115 e. The minimum absolute atomic E-state index is 0.238. The van der Waals surface area contributed by atoms with Gasteiger partial charge in [0.1, 0.15) is 5.75 Å². The summed E-state index contributed by atoms with van der Waals surface area (Å²) in [4.78, 5) is 0. The summed E-state index contributed by atoms with van der Waals surface area (Å²) in [5.74, 6) is 0.302. The van der Waals surface area contributed by atoms with Crippen LogP contribution < -0.4 is 5.32 Å². The summed E-state index contributed by atoms with van der Waals surface area (Å²) in [6, 6.07) is 7.87. The maximum Gasteiger partial charge on any atom is 0.115 e. The van der Waals surface area contributed by atoms with Gasteiger partial charge in [0.2, 0.25) is 0 Å². The zero-order chi connectivity index (χ0) is 13.0. The molecule has 0 aliphatic rings. The van der Waals surface area contributed by atoms with E-state index in [1.165, 1.54) is 5.56 Å². The number of phenolic OH excluding ortho intramolecular Hbond substituents is 1. The van der Waals surface area contributed by atoms with Crippen molar-refractivity contribution in [1.29, 1.82) is 0 Å². The Hall–Kier alpha value is -1.81. The van der Waals surface area contributed by atoms with Crippen LogP contribution in [-0.2, 0) is 0 Å². The third kappa shape index (κ3) is 2.90. The van der Waals surface area contributed by atoms with Gasteiger partial charge in [-0.1, -0.05) is 19.1 Å². The average Bonchev–Trinajstić information content (AvgIpc) is 2.91. The third-order valence-electron chi connectivity index (χ3n) is 3.17. The predicted octanol–water partition coefficient (Wildman–Crippen LogP) is 2.92. The number of rotatable bonds is 5. The first-order valence-corrected chi connectivity index (χ1v) is 6.24. The van der Waals surface area contributed by atoms with Crippen LogP contribution in [0, 0.1) is 0 Å². The molecule has 2 aromatic rings. The highest BCUT2D eigenvalue weighted by Gasteiger charge is 2.14. The van der Waals surface area contributed by atoms with E-state index in [0.717, 1.165) is 12.0 Å². The molecule has 2 rings (SSSR count). The van der Waals surface area contributed by atoms with Crippen molar-refractivity contribution in [3.8, 4) is 5.75 Å². The van der Waals surface area contributed by atoms with Gasteiger partial charge in [0.15, 0.2) is 0 Å². The van der Waals surface area contributed by atoms with Crippen molar-refractivity contribution in [3.63, 3.8) is 0 Å². The van der Waals surface area contributed by atoms with Crippen LogP contribution in [0.25, 0.3) is 0 Å². The maximum absolute atomic E-state index is 9.31. The van der Waals surface area contributed by atoms with Crippen molar-refractivity contribution in [2.24, 2.45) is 0 Å². The standard InChI is InChI=1S/C14H19N3O/c1-3-14(11-4-6-13(18)7-5-11)17-10(2)12-8-15-16-9-12/h4-10,14,17-18H,3H2,1-2H3,(H,15,16). The SMILES string of the molecule is CCC(NC(C)c1cn[nH]c1)c1ccc(O)cc1. The lowest BCUT2D eigenvalue weighted by Crippen LogP contribution is -2.23. The van der Waals surface area contributed by atoms with Gasteiger partial charge >= 0.3 is 0 Å². The van der Waals surface area contributed by atoms with Gasteiger partial charge in [0.05, 0.1) is 6.20 Å². The Morgan fingerprint density at radius 3 is 2.56 bits per heavy atom. The second kappa shape index (κ2) is 5.69. The van der Waals surface area contributed by atoms with E-state index in [0.29, 0.717) is 5.75 Å². The van der Waals surface area contributed by atoms with E-state index in [1.807, 2.05) is 24.5 Å². The zero-order valence-electron chi connectivity index (χ0n) is 10.7. The fraction of sp³-hybridized carbons (Fsp3) is 0.357. The van der Waals surface area contributed by atoms with E-state index in [2.05, 4.69) is 29.4 Å². The van der Waals surface area contributed by atoms with Gasteiger partial charge in [0, 0.05) is 23.8 Å². The normalized spacial score (nSPS) is 14.3. The minimum atomic E-state index is 0.238. The number of aromatic amines is 1. The van der Waals surface area contributed by atoms with Crippen molar-refractivity contribution in [2.75, 3.05) is 0 Å². The van der Waals surface area contributed by atoms with E-state index in [9.17, 15) is 5.11 Å². The number of H-pyrrole nitrogens is 1. The monoisotopic (exact) mass is 245 g/mol. The van der Waals surface area contributed by atoms with E-state index >= 15 is 0 Å². The summed E-state index contributed by atoms with van der Waals surface area (Å²) in [5.41, 5.74) is 2.33. The van der Waals surface area contributed by atoms with Gasteiger partial charge in [0.25, 0.3) is 0 Å². The maximum atomic E-state index is 9.31. The molecule has 0 saturated heterocycles. The first-order chi connectivity index (χ1) is 8.70. The molecule has 0 aliphatic carbocycles. The molecule has 2 unspecified atom stereocenters. The lowest BCUT2D eigenvalue weighted by Gasteiger charge is -2.22. The molecule has 0 saturated carbocycles. The molecule has 18 heavy (non-hydrogen) atoms. The molecule has 3 N–H and O–H groups in total. The number of phenols is 1. The lowest BCUT2D eigenvalue weighted by atomic mass is 10.0. The van der Waals surface area contributed by atoms with Crippen LogP contribution in [0.4, 0.5) is 0 Å². The first kappa shape index (κ1) is 12.6. The molecule has 0 spiro atoms. The quantitative estimate of drug-likeness (QED) is 0.759. The Kier molecular flexibility index (Phi) is 3.99. The molecule has 4 nitrogen and oxygen atoms in total. The van der Waals surface area contributed by atoms with Gasteiger partial charge in [-0.25, -0.2) is 0 Å². The van der Waals surface area contributed by atoms with E-state index in [1.54, 1.807) is 12.1 Å². The fourth-order valence-electron chi connectivity index (χ4n) is 2.05. The van der Waals surface area contributed by atoms with Gasteiger partial charge in [-0.15, -0.1) is 0 Å². The van der Waals surface area contributed by atoms with Crippen LogP contribution in [0.3, 0.4) is 0 Å². The number of nitrogens with zero attached hydrogens (tertiary/aromatic N) is 1. The van der Waals surface area contributed by atoms with Crippen molar-refractivity contribution in [3.05, 3.63) is 47.8 Å². The number of nitrogens with one attached hydrogen (secondary N) is 2. The Morgan fingerprint density at radius 2 is 2.00 bits per heavy atom. The van der Waals surface area contributed by atoms with Gasteiger partial charge in [-0.3, -0.25) is 5.10 Å². The van der Waals surface area contributed by atoms with Gasteiger partial charge in [-0.2, -0.15) is 5.10 Å². The molecule has 4 heteroatoms. The predicted molar refractivity (Wildman–Crippen MR) is 71.3 cm³/mol. The molecule has 1 aromatic heterocycles. The topological polar surface area (TPSA) is 60.9 Å². The molecule has 0 fully saturated rings. The molecular formula is C14H19N3O. The van der Waals surface area contributed by atoms with Gasteiger partial charge in [-0.05, 0) is 31.0 Å². The summed E-state index contributed by atoms with van der Waals surface area (Å²) in [5, 5.41) is 19.7. The third-order valence-corrected chi connectivity index (χ3v) is 3.17. The Labute approximate surface area is 107 Å². The molecule has 0 amide bonds. The van der Waals surface area contributed by atoms with Crippen molar-refractivity contribution in [1.82, 2.24) is 15.5 Å². The number of benzene rings is 1. The van der Waals surface area contributed by atoms with Crippen molar-refractivity contribution < 1.29 is 5.11 Å². The van der Waals surface area contributed by atoms with Crippen LogP contribution in [0.15, 0.2) is 36.7 Å². The highest BCUT2D eigenvalue weighted by Crippen LogP contribution is 2.23. The van der Waals surface area contributed by atoms with Gasteiger partial charge < -0.3 is 10.4 Å². The molecule has 2 atom stereocenters. The van der Waals surface area contributed by atoms with E-state index < -0.39 is 0 Å². The van der Waals surface area contributed by atoms with Crippen molar-refractivity contribution >= 4 is 0 Å². The first-order valence-electron chi connectivity index (χ1n) is 6.24. The van der Waals surface area contributed by atoms with Crippen LogP contribution in [-0.4, -0.2) is 15.3 Å². The highest BCUT2D eigenvalue weighted by atomic mass is 16.3. The second-order valence-electron chi connectivity index (χ2n) is 4.47. The van der Waals surface area contributed by atoms with Crippen molar-refractivity contribution in [2.45, 2.75) is 32.4 Å². The Morgan fingerprint density at radius 1 is 1.28 bits per heavy atom. The molecule has 96 valence electrons. The molecule has 0 aliphatic heterocycles. The average molecular weight is 245 g/mol. The zero-order valence-corrected chi connectivity index (χ0v) is 10.7. The molecular weight excluding hydrogens is 226 g/mol. The minimum Gasteiger partial charge on any atom is -0.508 e. The van der Waals surface area contributed by atoms with Crippen LogP contribution in [0.1, 0.15) is 43.5 Å². The molecule has 1 aromatic carbocycles. The number of hydrogen-bond donors (Lipinski definition) is 3. The number of hydrogen-bond acceptors (Lipinski definition) is 3. The summed E-state index contributed by atoms with van der Waals surface area (Å²) in [6.45, 7) is 4.26. The van der Waals surface area contributed by atoms with Crippen LogP contribution in [0.2, 0.25) is 0 Å². The summed E-state index contributed by atoms with van der Waals surface area (Å²) in [6.07, 6.45) is 4.73. The van der Waals surface area contributed by atoms with E-state index in [4.69, 9.17) is 0 Å². The number of aromatic nitrogens is 2. The highest BCUT2D eigenvalue weighted by molar-refractivity contribution is 5.28. The Bertz CT molecular complexity index is 464. The largest absolute Gasteiger partial charge is 0.508 e. The Balaban J connectivity index is 2.07. The molecule has 1 heterocycles. The fourth-order valence-corrected chi connectivity index (χ4v) is 2.05. The second-order valence-corrected chi connectivity index (χ2v) is 4.47. The van der Waals surface area contributed by atoms with E-state index in [-0.39, 0.29) is 12.1 Å². The van der Waals surface area contributed by atoms with Crippen LogP contribution in [0.5, 0.6) is 5.75 Å². The molecule has 0 radical (unpaired) electrons. The van der Waals surface area contributed by atoms with Crippen LogP contribution >= 0.6 is 0 Å². The molecule has 0 bridgehead atoms.